The maximum Gasteiger partial charge on any atom is 0.333 e. The minimum absolute atomic E-state index is 0.168. The first-order valence-electron chi connectivity index (χ1n) is 6.36. The number of ether oxygens (including phenoxy) is 1. The molecule has 0 saturated heterocycles. The van der Waals surface area contributed by atoms with E-state index in [1.165, 1.54) is 0 Å². The van der Waals surface area contributed by atoms with Crippen molar-refractivity contribution in [3.63, 3.8) is 0 Å². The van der Waals surface area contributed by atoms with E-state index in [0.717, 1.165) is 44.6 Å². The Morgan fingerprint density at radius 1 is 1.35 bits per heavy atom. The predicted molar refractivity (Wildman–Crippen MR) is 66.6 cm³/mol. The zero-order chi connectivity index (χ0) is 14.7. The standard InChI is InChI=1S/C14H15F2NO3/c1-20-14(19)12(17-13(18)8-3-2-4-8)10-7-9(15)5-6-11(10)16/h5-8,12H,2-4H2,1H3,(H,17,18). The Morgan fingerprint density at radius 3 is 2.60 bits per heavy atom. The quantitative estimate of drug-likeness (QED) is 0.861. The Labute approximate surface area is 115 Å². The number of esters is 1. The summed E-state index contributed by atoms with van der Waals surface area (Å²) in [5, 5.41) is 2.43. The Hall–Kier alpha value is -1.98. The van der Waals surface area contributed by atoms with Crippen molar-refractivity contribution in [2.45, 2.75) is 25.3 Å². The van der Waals surface area contributed by atoms with Crippen LogP contribution in [0.5, 0.6) is 0 Å². The smallest absolute Gasteiger partial charge is 0.333 e. The molecule has 1 unspecified atom stereocenters. The number of hydrogen-bond donors (Lipinski definition) is 1. The summed E-state index contributed by atoms with van der Waals surface area (Å²) in [7, 11) is 1.13. The Balaban J connectivity index is 2.24. The molecule has 1 N–H and O–H groups in total. The molecule has 6 heteroatoms. The fourth-order valence-electron chi connectivity index (χ4n) is 2.05. The molecule has 20 heavy (non-hydrogen) atoms. The van der Waals surface area contributed by atoms with Crippen molar-refractivity contribution in [1.29, 1.82) is 0 Å². The van der Waals surface area contributed by atoms with Crippen LogP contribution < -0.4 is 5.32 Å². The van der Waals surface area contributed by atoms with Crippen LogP contribution in [0.4, 0.5) is 8.78 Å². The van der Waals surface area contributed by atoms with Gasteiger partial charge < -0.3 is 10.1 Å². The van der Waals surface area contributed by atoms with Crippen molar-refractivity contribution >= 4 is 11.9 Å². The summed E-state index contributed by atoms with van der Waals surface area (Å²) in [5.41, 5.74) is -0.232. The highest BCUT2D eigenvalue weighted by Crippen LogP contribution is 2.28. The van der Waals surface area contributed by atoms with Crippen LogP contribution in [-0.4, -0.2) is 19.0 Å². The largest absolute Gasteiger partial charge is 0.467 e. The molecule has 1 saturated carbocycles. The molecule has 1 aromatic carbocycles. The fraction of sp³-hybridized carbons (Fsp3) is 0.429. The van der Waals surface area contributed by atoms with Gasteiger partial charge >= 0.3 is 5.97 Å². The molecule has 0 bridgehead atoms. The van der Waals surface area contributed by atoms with Crippen molar-refractivity contribution in [3.8, 4) is 0 Å². The summed E-state index contributed by atoms with van der Waals surface area (Å²) in [6.45, 7) is 0. The number of halogens is 2. The summed E-state index contributed by atoms with van der Waals surface area (Å²) < 4.78 is 31.5. The SMILES string of the molecule is COC(=O)C(NC(=O)C1CCC1)c1cc(F)ccc1F. The summed E-state index contributed by atoms with van der Waals surface area (Å²) in [5.74, 6) is -2.79. The van der Waals surface area contributed by atoms with E-state index >= 15 is 0 Å². The first kappa shape index (κ1) is 14.4. The molecule has 0 aliphatic heterocycles. The highest BCUT2D eigenvalue weighted by Gasteiger charge is 2.32. The number of amides is 1. The molecular weight excluding hydrogens is 268 g/mol. The molecule has 1 aromatic rings. The minimum atomic E-state index is -1.33. The number of carbonyl (C=O) groups excluding carboxylic acids is 2. The molecule has 0 spiro atoms. The summed E-state index contributed by atoms with van der Waals surface area (Å²) in [6, 6.07) is 1.42. The number of benzene rings is 1. The molecule has 1 amide bonds. The lowest BCUT2D eigenvalue weighted by atomic mass is 9.84. The van der Waals surface area contributed by atoms with Gasteiger partial charge in [0.15, 0.2) is 6.04 Å². The van der Waals surface area contributed by atoms with Crippen molar-refractivity contribution in [3.05, 3.63) is 35.4 Å². The monoisotopic (exact) mass is 283 g/mol. The van der Waals surface area contributed by atoms with E-state index in [0.29, 0.717) is 0 Å². The number of carbonyl (C=O) groups is 2. The van der Waals surface area contributed by atoms with Gasteiger partial charge in [0.1, 0.15) is 11.6 Å². The maximum atomic E-state index is 13.7. The number of nitrogens with one attached hydrogen (secondary N) is 1. The molecule has 0 radical (unpaired) electrons. The lowest BCUT2D eigenvalue weighted by molar-refractivity contribution is -0.146. The lowest BCUT2D eigenvalue weighted by Crippen LogP contribution is -2.40. The first-order valence-corrected chi connectivity index (χ1v) is 6.36. The molecule has 1 aliphatic carbocycles. The van der Waals surface area contributed by atoms with Gasteiger partial charge in [0.05, 0.1) is 7.11 Å². The molecule has 2 rings (SSSR count). The Morgan fingerprint density at radius 2 is 2.05 bits per heavy atom. The third kappa shape index (κ3) is 2.95. The molecule has 1 aliphatic rings. The van der Waals surface area contributed by atoms with E-state index < -0.39 is 23.6 Å². The van der Waals surface area contributed by atoms with Crippen LogP contribution in [0.3, 0.4) is 0 Å². The molecule has 1 fully saturated rings. The molecular formula is C14H15F2NO3. The molecule has 108 valence electrons. The number of hydrogen-bond acceptors (Lipinski definition) is 3. The number of rotatable bonds is 4. The van der Waals surface area contributed by atoms with Gasteiger partial charge in [-0.15, -0.1) is 0 Å². The topological polar surface area (TPSA) is 55.4 Å². The van der Waals surface area contributed by atoms with Gasteiger partial charge in [0.25, 0.3) is 0 Å². The van der Waals surface area contributed by atoms with Crippen LogP contribution in [0.25, 0.3) is 0 Å². The second-order valence-electron chi connectivity index (χ2n) is 4.76. The van der Waals surface area contributed by atoms with Crippen LogP contribution in [0.1, 0.15) is 30.9 Å². The minimum Gasteiger partial charge on any atom is -0.467 e. The third-order valence-electron chi connectivity index (χ3n) is 3.47. The molecule has 4 nitrogen and oxygen atoms in total. The van der Waals surface area contributed by atoms with Crippen molar-refractivity contribution in [2.24, 2.45) is 5.92 Å². The molecule has 1 atom stereocenters. The highest BCUT2D eigenvalue weighted by molar-refractivity contribution is 5.87. The van der Waals surface area contributed by atoms with Crippen LogP contribution in [0, 0.1) is 17.6 Å². The van der Waals surface area contributed by atoms with Crippen LogP contribution >= 0.6 is 0 Å². The van der Waals surface area contributed by atoms with Crippen LogP contribution in [-0.2, 0) is 14.3 Å². The first-order chi connectivity index (χ1) is 9.52. The zero-order valence-electron chi connectivity index (χ0n) is 11.0. The van der Waals surface area contributed by atoms with E-state index in [1.54, 1.807) is 0 Å². The average molecular weight is 283 g/mol. The van der Waals surface area contributed by atoms with Crippen LogP contribution in [0.15, 0.2) is 18.2 Å². The van der Waals surface area contributed by atoms with E-state index in [9.17, 15) is 18.4 Å². The van der Waals surface area contributed by atoms with Gasteiger partial charge in [-0.1, -0.05) is 6.42 Å². The normalized spacial score (nSPS) is 16.1. The van der Waals surface area contributed by atoms with Crippen molar-refractivity contribution in [1.82, 2.24) is 5.32 Å². The second-order valence-corrected chi connectivity index (χ2v) is 4.76. The van der Waals surface area contributed by atoms with Gasteiger partial charge in [-0.25, -0.2) is 13.6 Å². The fourth-order valence-corrected chi connectivity index (χ4v) is 2.05. The Bertz CT molecular complexity index is 529. The van der Waals surface area contributed by atoms with E-state index in [-0.39, 0.29) is 17.4 Å². The van der Waals surface area contributed by atoms with Gasteiger partial charge in [0, 0.05) is 11.5 Å². The number of methoxy groups -OCH3 is 1. The van der Waals surface area contributed by atoms with Gasteiger partial charge in [-0.2, -0.15) is 0 Å². The van der Waals surface area contributed by atoms with Crippen molar-refractivity contribution < 1.29 is 23.1 Å². The lowest BCUT2D eigenvalue weighted by Gasteiger charge is -2.26. The summed E-state index contributed by atoms with van der Waals surface area (Å²) in [4.78, 5) is 23.6. The average Bonchev–Trinajstić information content (AvgIpc) is 2.36. The zero-order valence-corrected chi connectivity index (χ0v) is 11.0. The Kier molecular flexibility index (Phi) is 4.32. The summed E-state index contributed by atoms with van der Waals surface area (Å²) >= 11 is 0. The maximum absolute atomic E-state index is 13.7. The predicted octanol–water partition coefficient (Wildman–Crippen LogP) is 2.10. The second kappa shape index (κ2) is 5.98. The third-order valence-corrected chi connectivity index (χ3v) is 3.47. The van der Waals surface area contributed by atoms with E-state index in [4.69, 9.17) is 0 Å². The molecule has 0 heterocycles. The van der Waals surface area contributed by atoms with Crippen molar-refractivity contribution in [2.75, 3.05) is 7.11 Å². The van der Waals surface area contributed by atoms with Gasteiger partial charge in [-0.3, -0.25) is 4.79 Å². The highest BCUT2D eigenvalue weighted by atomic mass is 19.1. The van der Waals surface area contributed by atoms with Gasteiger partial charge in [-0.05, 0) is 31.0 Å². The van der Waals surface area contributed by atoms with E-state index in [2.05, 4.69) is 10.1 Å². The summed E-state index contributed by atoms with van der Waals surface area (Å²) in [6.07, 6.45) is 2.44. The van der Waals surface area contributed by atoms with E-state index in [1.807, 2.05) is 0 Å². The van der Waals surface area contributed by atoms with Gasteiger partial charge in [0.2, 0.25) is 5.91 Å². The van der Waals surface area contributed by atoms with Crippen LogP contribution in [0.2, 0.25) is 0 Å². The molecule has 0 aromatic heterocycles.